The maximum atomic E-state index is 16.0. The van der Waals surface area contributed by atoms with Crippen LogP contribution < -0.4 is 45.5 Å². The Morgan fingerprint density at radius 3 is 1.20 bits per heavy atom. The van der Waals surface area contributed by atoms with Crippen LogP contribution in [0, 0.1) is 6.92 Å². The fourth-order valence-corrected chi connectivity index (χ4v) is 21.5. The van der Waals surface area contributed by atoms with Gasteiger partial charge < -0.3 is 137 Å². The highest BCUT2D eigenvalue weighted by molar-refractivity contribution is 7.53. The molecule has 0 aromatic carbocycles. The van der Waals surface area contributed by atoms with Gasteiger partial charge in [0.2, 0.25) is 11.9 Å². The van der Waals surface area contributed by atoms with Crippen LogP contribution in [0.15, 0.2) is 65.8 Å². The van der Waals surface area contributed by atoms with Crippen LogP contribution in [0.3, 0.4) is 0 Å². The molecule has 9 aliphatic rings. The molecule has 67 nitrogen and oxygen atoms in total. The lowest BCUT2D eigenvalue weighted by atomic mass is 10.1. The second kappa shape index (κ2) is 35.4. The minimum Gasteiger partial charge on any atom is -0.397 e. The van der Waals surface area contributed by atoms with E-state index >= 15 is 4.39 Å². The number of halogens is 1. The van der Waals surface area contributed by atoms with Gasteiger partial charge in [-0.3, -0.25) is 92.3 Å². The monoisotopic (exact) mass is 2020 g/mol. The van der Waals surface area contributed by atoms with Crippen molar-refractivity contribution in [2.75, 3.05) is 73.0 Å². The summed E-state index contributed by atoms with van der Waals surface area (Å²) in [6.45, 7) is -0.0911. The predicted octanol–water partition coefficient (Wildman–Crippen LogP) is -5.03. The second-order valence-corrected chi connectivity index (χ2v) is 40.4. The number of nitrogen functional groups attached to an aromatic ring is 6. The van der Waals surface area contributed by atoms with Crippen LogP contribution in [0.2, 0.25) is 0 Å². The summed E-state index contributed by atoms with van der Waals surface area (Å²) >= 11 is 0. The van der Waals surface area contributed by atoms with Crippen LogP contribution in [-0.4, -0.2) is 322 Å². The van der Waals surface area contributed by atoms with Gasteiger partial charge >= 0.3 is 46.0 Å². The molecule has 0 aliphatic carbocycles. The maximum Gasteiger partial charge on any atom is 0.472 e. The van der Waals surface area contributed by atoms with E-state index in [-0.39, 0.29) is 102 Å². The van der Waals surface area contributed by atoms with E-state index in [1.807, 2.05) is 0 Å². The summed E-state index contributed by atoms with van der Waals surface area (Å²) in [6.07, 6.45) is -35.9. The van der Waals surface area contributed by atoms with Crippen molar-refractivity contribution in [1.82, 2.24) is 118 Å². The number of hydrogen-bond acceptors (Lipinski definition) is 53. The molecule has 12 aromatic heterocycles. The number of nitrogens with zero attached hydrogens (tertiary/aromatic N) is 22. The Kier molecular flexibility index (Phi) is 24.6. The second-order valence-electron chi connectivity index (χ2n) is 30.6. The summed E-state index contributed by atoms with van der Waals surface area (Å²) in [4.78, 5) is 141. The minimum atomic E-state index is -5.09. The molecule has 9 aliphatic heterocycles. The molecule has 135 heavy (non-hydrogen) atoms. The van der Waals surface area contributed by atoms with Crippen LogP contribution in [0.5, 0.6) is 0 Å². The zero-order chi connectivity index (χ0) is 95.5. The molecule has 9 fully saturated rings. The lowest BCUT2D eigenvalue weighted by Gasteiger charge is -2.28. The minimum absolute atomic E-state index is 0.0296. The average molecular weight is 2020 g/mol. The zero-order valence-corrected chi connectivity index (χ0v) is 73.1. The van der Waals surface area contributed by atoms with E-state index in [0.29, 0.717) is 5.52 Å². The van der Waals surface area contributed by atoms with Gasteiger partial charge in [-0.15, -0.1) is 10.2 Å². The fourth-order valence-electron chi connectivity index (χ4n) is 15.6. The number of H-pyrrole nitrogens is 2. The number of anilines is 6. The Morgan fingerprint density at radius 2 is 0.748 bits per heavy atom. The zero-order valence-electron chi connectivity index (χ0n) is 67.7. The maximum absolute atomic E-state index is 16.0. The number of aromatic nitrogens is 24. The van der Waals surface area contributed by atoms with Crippen molar-refractivity contribution in [2.24, 2.45) is 0 Å². The number of rotatable bonds is 6. The van der Waals surface area contributed by atoms with E-state index in [1.165, 1.54) is 68.1 Å². The number of imidazole rings is 4. The SMILES string of the molecule is Cc1nc(N)c2ncn([C@@H]3O[C@@H]4COP(=O)(O)O[C@@H]5C(O)[C@H](n6cnc7c(N)ncnc76)O[C@@H]5OCP(=O)(O)O[C@@H]4C3F)c2n1.Nc1nc2c(nnn2[C@@H]2O[C@@H]3OCP(=O)(O)O[C@@H]4C(O)[C@H](n5cnc6c(N)ccnc65)O[C@@H]4COP(=O)(O)O[C@@H]3C2O)c(=O)[nH]1.Nc1nc2c(nnn2[C@@H]2O[C@@H]3OCP(=O)(O)O[C@@H]4C(O)[C@H](n5cnc6c(N)ccnc65)O[C@@H]4OCP(=O)(O)O[C@@H]3C2O)c(=O)[nH]1. The van der Waals surface area contributed by atoms with Gasteiger partial charge in [0.1, 0.15) is 101 Å². The third kappa shape index (κ3) is 18.0. The largest absolute Gasteiger partial charge is 0.472 e. The highest BCUT2D eigenvalue weighted by Crippen LogP contribution is 2.59. The number of nitrogens with one attached hydrogen (secondary N) is 2. The number of pyridine rings is 2. The lowest BCUT2D eigenvalue weighted by molar-refractivity contribution is -0.179. The Hall–Kier alpha value is -10.1. The fraction of sp³-hybridized carbons (Fsp3) is 0.508. The molecule has 12 aromatic rings. The smallest absolute Gasteiger partial charge is 0.397 e. The lowest BCUT2D eigenvalue weighted by Crippen LogP contribution is -2.39. The number of fused-ring (bicyclic) bond motifs is 12. The van der Waals surface area contributed by atoms with Crippen LogP contribution in [0.25, 0.3) is 67.0 Å². The molecule has 74 heteroatoms. The molecular formula is C61H73FN30O37P6. The van der Waals surface area contributed by atoms with Gasteiger partial charge in [0.25, 0.3) is 11.1 Å². The van der Waals surface area contributed by atoms with Gasteiger partial charge in [-0.2, -0.15) is 19.3 Å². The van der Waals surface area contributed by atoms with Gasteiger partial charge in [0, 0.05) is 12.4 Å². The molecule has 0 spiro atoms. The normalized spacial score (nSPS) is 37.7. The molecule has 0 bridgehead atoms. The number of ether oxygens (including phenoxy) is 10. The van der Waals surface area contributed by atoms with E-state index in [4.69, 9.17) is 118 Å². The molecule has 30 atom stereocenters. The summed E-state index contributed by atoms with van der Waals surface area (Å²) in [7, 11) is -29.4. The van der Waals surface area contributed by atoms with Gasteiger partial charge in [-0.25, -0.2) is 63.4 Å². The Balaban J connectivity index is 0.000000130. The van der Waals surface area contributed by atoms with E-state index in [9.17, 15) is 91.9 Å². The van der Waals surface area contributed by atoms with E-state index < -0.39 is 244 Å². The van der Waals surface area contributed by atoms with Crippen molar-refractivity contribution >= 4 is 148 Å². The first-order valence-corrected chi connectivity index (χ1v) is 49.0. The predicted molar refractivity (Wildman–Crippen MR) is 431 cm³/mol. The molecule has 25 N–H and O–H groups in total. The molecule has 21 rings (SSSR count). The van der Waals surface area contributed by atoms with E-state index in [0.717, 1.165) is 15.7 Å². The number of aryl methyl sites for hydroxylation is 1. The molecule has 726 valence electrons. The average Bonchev–Trinajstić information content (AvgIpc) is 1.62. The van der Waals surface area contributed by atoms with Crippen molar-refractivity contribution in [1.29, 1.82) is 0 Å². The van der Waals surface area contributed by atoms with Gasteiger partial charge in [0.05, 0.1) is 49.9 Å². The van der Waals surface area contributed by atoms with Gasteiger partial charge in [0.15, 0.2) is 163 Å². The number of aliphatic hydroxyl groups excluding tert-OH is 5. The van der Waals surface area contributed by atoms with Crippen molar-refractivity contribution in [3.8, 4) is 0 Å². The third-order valence-corrected chi connectivity index (χ3v) is 27.7. The van der Waals surface area contributed by atoms with Crippen molar-refractivity contribution < 1.29 is 170 Å². The van der Waals surface area contributed by atoms with Gasteiger partial charge in [-0.05, 0) is 19.1 Å². The Labute approximate surface area is 744 Å². The van der Waals surface area contributed by atoms with Crippen LogP contribution in [-0.2, 0) is 111 Å². The summed E-state index contributed by atoms with van der Waals surface area (Å²) in [6, 6.07) is 3.02. The third-order valence-electron chi connectivity index (χ3n) is 21.5. The summed E-state index contributed by atoms with van der Waals surface area (Å²) < 4.78 is 199. The van der Waals surface area contributed by atoms with E-state index in [2.05, 4.69) is 90.4 Å². The van der Waals surface area contributed by atoms with Gasteiger partial charge in [-0.1, -0.05) is 10.4 Å². The van der Waals surface area contributed by atoms with Crippen molar-refractivity contribution in [3.05, 3.63) is 82.7 Å². The first kappa shape index (κ1) is 93.8. The molecule has 21 heterocycles. The number of aromatic amines is 2. The van der Waals surface area contributed by atoms with Crippen LogP contribution >= 0.6 is 46.0 Å². The topological polar surface area (TPSA) is 949 Å². The first-order valence-electron chi connectivity index (χ1n) is 39.0. The molecule has 0 amide bonds. The number of phosphoric acid groups is 2. The number of aliphatic hydroxyl groups is 5. The quantitative estimate of drug-likeness (QED) is 0.0693. The van der Waals surface area contributed by atoms with Crippen LogP contribution in [0.1, 0.15) is 43.2 Å². The molecule has 12 unspecified atom stereocenters. The van der Waals surface area contributed by atoms with Crippen LogP contribution in [0.4, 0.5) is 39.3 Å². The number of alkyl halides is 1. The Bertz CT molecular complexity index is 6770. The standard InChI is InChI=1S/C21H25FN10O11P2.2C20H24N10O13P2/c1-7-29-16(24)11-18(30-7)32(5-28-11)19-9(22)13-8(40-19)2-39-45(36,37)43-14-12(33)20(41-21(14)38-6-44(34,35)42-13)31-4-27-10-15(23)25-3-26-17(10)31;21-6-1-2-23-13-7(6)24-3-29(13)16-9(31)11-18(40-16)38-4-45(36,37)43-12-10(32)17(41-19(12)39-5-44(34,35)42-11)30-14-8(27-28-30)15(33)26-20(22)25-14;21-6-1-2-23-14-8(6)24-4-29(14)17-10(31)12-7(40-17)3-39-45(36,37)43-13-11(32)18(41-19(13)38-5-44(34,35)42-12)30-15-9(27-28-30)16(33)26-20(22)25-15/h3-5,8-9,12-14,19-21,33H,2,6H2,1H3,(H,34,35)(H,36,37)(H2,23,25,26)(H2,24,29,30);1-3,9-12,16-19,31-32H,4-5H2,(H2,21,23)(H,34,35)(H,36,37)(H3,22,25,26,33);1-2,4,7,10-13,17-19,31-32H,3,5H2,(H2,21,23)(H,34,35)(H,36,37)(H3,22,25,26,33)/t8-,9?,12?,13+,14-,19-,20-,21+;9?,10?,11-,12-,16-,17-,18+,19+;7-,10?,11?,12+,13-,17-,18-,19+/m111/s1. The summed E-state index contributed by atoms with van der Waals surface area (Å²) in [5.74, 6) is -0.300. The number of phosphoric ester groups is 2. The highest BCUT2D eigenvalue weighted by Gasteiger charge is 2.60. The van der Waals surface area contributed by atoms with Crippen molar-refractivity contribution in [2.45, 2.75) is 155 Å². The summed E-state index contributed by atoms with van der Waals surface area (Å²) in [5.41, 5.74) is 34.4. The van der Waals surface area contributed by atoms with Crippen molar-refractivity contribution in [3.63, 3.8) is 0 Å². The van der Waals surface area contributed by atoms with E-state index in [1.54, 1.807) is 6.92 Å². The first-order chi connectivity index (χ1) is 63.9. The summed E-state index contributed by atoms with van der Waals surface area (Å²) in [5, 5.41) is 70.3. The Morgan fingerprint density at radius 1 is 0.393 bits per heavy atom. The molecule has 0 saturated carbocycles. The highest BCUT2D eigenvalue weighted by atomic mass is 31.2. The molecular weight excluding hydrogens is 1950 g/mol. The molecule has 0 radical (unpaired) electrons. The number of nitrogens with two attached hydrogens (primary N) is 6. The molecule has 9 saturated heterocycles. The number of hydrogen-bond donors (Lipinski definition) is 19.